The minimum absolute atomic E-state index is 0.708. The molecule has 0 atom stereocenters. The molecular weight excluding hydrogens is 306 g/mol. The van der Waals surface area contributed by atoms with Gasteiger partial charge in [0.2, 0.25) is 0 Å². The van der Waals surface area contributed by atoms with Crippen molar-refractivity contribution in [1.29, 1.82) is 0 Å². The van der Waals surface area contributed by atoms with Crippen LogP contribution in [-0.4, -0.2) is 24.8 Å². The molecule has 0 bridgehead atoms. The lowest BCUT2D eigenvalue weighted by atomic mass is 10.0. The zero-order valence-corrected chi connectivity index (χ0v) is 13.1. The first-order chi connectivity index (χ1) is 9.22. The van der Waals surface area contributed by atoms with Gasteiger partial charge in [-0.15, -0.1) is 6.58 Å². The number of allylic oxidation sites excluding steroid dienone is 1. The van der Waals surface area contributed by atoms with Gasteiger partial charge >= 0.3 is 0 Å². The standard InChI is InChI=1S/C15H20BrNO2/c1-4-6-14-11-13(12(2)17-18-3)7-8-15(14)19-10-5-9-16/h4,7-8,11H,1,5-6,9-10H2,2-3H3/b17-12+. The smallest absolute Gasteiger partial charge is 0.122 e. The summed E-state index contributed by atoms with van der Waals surface area (Å²) < 4.78 is 5.78. The van der Waals surface area contributed by atoms with E-state index in [1.807, 2.05) is 25.1 Å². The molecule has 104 valence electrons. The lowest BCUT2D eigenvalue weighted by molar-refractivity contribution is 0.213. The highest BCUT2D eigenvalue weighted by Gasteiger charge is 2.06. The molecule has 0 unspecified atom stereocenters. The normalized spacial score (nSPS) is 11.2. The minimum Gasteiger partial charge on any atom is -0.493 e. The zero-order chi connectivity index (χ0) is 14.1. The molecule has 0 aliphatic carbocycles. The van der Waals surface area contributed by atoms with E-state index in [-0.39, 0.29) is 0 Å². The average Bonchev–Trinajstić information content (AvgIpc) is 2.41. The van der Waals surface area contributed by atoms with Crippen molar-refractivity contribution in [3.8, 4) is 5.75 Å². The number of oxime groups is 1. The Bertz CT molecular complexity index is 444. The summed E-state index contributed by atoms with van der Waals surface area (Å²) in [6.45, 7) is 6.41. The number of ether oxygens (including phenoxy) is 1. The highest BCUT2D eigenvalue weighted by molar-refractivity contribution is 9.09. The number of hydrogen-bond donors (Lipinski definition) is 0. The summed E-state index contributed by atoms with van der Waals surface area (Å²) >= 11 is 3.39. The number of hydrogen-bond acceptors (Lipinski definition) is 3. The van der Waals surface area contributed by atoms with E-state index in [4.69, 9.17) is 9.57 Å². The summed E-state index contributed by atoms with van der Waals surface area (Å²) in [4.78, 5) is 4.80. The molecule has 3 nitrogen and oxygen atoms in total. The second-order valence-corrected chi connectivity index (χ2v) is 4.86. The second kappa shape index (κ2) is 8.75. The molecule has 0 heterocycles. The topological polar surface area (TPSA) is 30.8 Å². The minimum atomic E-state index is 0.708. The van der Waals surface area contributed by atoms with Gasteiger partial charge in [-0.3, -0.25) is 0 Å². The van der Waals surface area contributed by atoms with Crippen LogP contribution in [-0.2, 0) is 11.3 Å². The molecule has 0 aromatic heterocycles. The maximum absolute atomic E-state index is 5.78. The van der Waals surface area contributed by atoms with Gasteiger partial charge in [-0.1, -0.05) is 27.2 Å². The first-order valence-electron chi connectivity index (χ1n) is 6.23. The number of alkyl halides is 1. The maximum Gasteiger partial charge on any atom is 0.122 e. The maximum atomic E-state index is 5.78. The van der Waals surface area contributed by atoms with Crippen molar-refractivity contribution in [2.45, 2.75) is 19.8 Å². The molecule has 0 saturated heterocycles. The Labute approximate surface area is 123 Å². The molecule has 0 fully saturated rings. The fourth-order valence-corrected chi connectivity index (χ4v) is 1.92. The van der Waals surface area contributed by atoms with E-state index in [1.54, 1.807) is 7.11 Å². The Hall–Kier alpha value is -1.29. The molecule has 19 heavy (non-hydrogen) atoms. The third kappa shape index (κ3) is 5.07. The first-order valence-corrected chi connectivity index (χ1v) is 7.35. The van der Waals surface area contributed by atoms with E-state index in [1.165, 1.54) is 0 Å². The van der Waals surface area contributed by atoms with Crippen molar-refractivity contribution < 1.29 is 9.57 Å². The summed E-state index contributed by atoms with van der Waals surface area (Å²) in [6, 6.07) is 6.05. The van der Waals surface area contributed by atoms with Gasteiger partial charge in [0.25, 0.3) is 0 Å². The molecule has 1 aromatic rings. The molecule has 0 spiro atoms. The summed E-state index contributed by atoms with van der Waals surface area (Å²) in [5, 5.41) is 4.89. The van der Waals surface area contributed by atoms with E-state index < -0.39 is 0 Å². The van der Waals surface area contributed by atoms with Crippen molar-refractivity contribution >= 4 is 21.6 Å². The van der Waals surface area contributed by atoms with E-state index in [9.17, 15) is 0 Å². The van der Waals surface area contributed by atoms with Gasteiger partial charge in [-0.2, -0.15) is 0 Å². The van der Waals surface area contributed by atoms with Crippen LogP contribution in [0.2, 0.25) is 0 Å². The molecule has 1 aromatic carbocycles. The van der Waals surface area contributed by atoms with Gasteiger partial charge in [0.15, 0.2) is 0 Å². The molecule has 0 aliphatic heterocycles. The molecular formula is C15H20BrNO2. The highest BCUT2D eigenvalue weighted by Crippen LogP contribution is 2.22. The first kappa shape index (κ1) is 15.8. The van der Waals surface area contributed by atoms with Crippen LogP contribution in [0.4, 0.5) is 0 Å². The fraction of sp³-hybridized carbons (Fsp3) is 0.400. The van der Waals surface area contributed by atoms with Crippen molar-refractivity contribution in [3.05, 3.63) is 42.0 Å². The van der Waals surface area contributed by atoms with Crippen LogP contribution in [0.3, 0.4) is 0 Å². The summed E-state index contributed by atoms with van der Waals surface area (Å²) in [7, 11) is 1.55. The number of halogens is 1. The molecule has 0 amide bonds. The van der Waals surface area contributed by atoms with Gasteiger partial charge in [0, 0.05) is 5.33 Å². The van der Waals surface area contributed by atoms with Gasteiger partial charge in [0.05, 0.1) is 12.3 Å². The molecule has 0 saturated carbocycles. The predicted octanol–water partition coefficient (Wildman–Crippen LogP) is 3.95. The largest absolute Gasteiger partial charge is 0.493 e. The van der Waals surface area contributed by atoms with Crippen LogP contribution in [0.15, 0.2) is 36.0 Å². The Morgan fingerprint density at radius 2 is 2.26 bits per heavy atom. The van der Waals surface area contributed by atoms with Crippen molar-refractivity contribution in [2.24, 2.45) is 5.16 Å². The third-order valence-corrected chi connectivity index (χ3v) is 3.17. The molecule has 1 rings (SSSR count). The van der Waals surface area contributed by atoms with E-state index in [0.29, 0.717) is 6.61 Å². The quantitative estimate of drug-likeness (QED) is 0.238. The van der Waals surface area contributed by atoms with Crippen LogP contribution < -0.4 is 4.74 Å². The van der Waals surface area contributed by atoms with Crippen LogP contribution in [0.1, 0.15) is 24.5 Å². The summed E-state index contributed by atoms with van der Waals surface area (Å²) in [5.74, 6) is 0.912. The van der Waals surface area contributed by atoms with E-state index >= 15 is 0 Å². The van der Waals surface area contributed by atoms with E-state index in [0.717, 1.165) is 40.8 Å². The Balaban J connectivity index is 2.93. The fourth-order valence-electron chi connectivity index (χ4n) is 1.69. The van der Waals surface area contributed by atoms with E-state index in [2.05, 4.69) is 33.7 Å². The van der Waals surface area contributed by atoms with Crippen LogP contribution in [0.25, 0.3) is 0 Å². The van der Waals surface area contributed by atoms with Crippen LogP contribution >= 0.6 is 15.9 Å². The Kier molecular flexibility index (Phi) is 7.26. The van der Waals surface area contributed by atoms with Gasteiger partial charge in [-0.25, -0.2) is 0 Å². The lowest BCUT2D eigenvalue weighted by Crippen LogP contribution is -2.03. The van der Waals surface area contributed by atoms with Crippen molar-refractivity contribution in [2.75, 3.05) is 19.0 Å². The summed E-state index contributed by atoms with van der Waals surface area (Å²) in [6.07, 6.45) is 3.64. The third-order valence-electron chi connectivity index (χ3n) is 2.61. The average molecular weight is 326 g/mol. The summed E-state index contributed by atoms with van der Waals surface area (Å²) in [5.41, 5.74) is 3.00. The number of rotatable bonds is 8. The monoisotopic (exact) mass is 325 g/mol. The molecule has 0 aliphatic rings. The second-order valence-electron chi connectivity index (χ2n) is 4.07. The predicted molar refractivity (Wildman–Crippen MR) is 83.5 cm³/mol. The SMILES string of the molecule is C=CCc1cc(/C(C)=N/OC)ccc1OCCCBr. The Morgan fingerprint density at radius 1 is 1.47 bits per heavy atom. The van der Waals surface area contributed by atoms with Crippen molar-refractivity contribution in [1.82, 2.24) is 0 Å². The lowest BCUT2D eigenvalue weighted by Gasteiger charge is -2.12. The molecule has 0 N–H and O–H groups in total. The molecule has 0 radical (unpaired) electrons. The van der Waals surface area contributed by atoms with Crippen LogP contribution in [0.5, 0.6) is 5.75 Å². The van der Waals surface area contributed by atoms with Crippen molar-refractivity contribution in [3.63, 3.8) is 0 Å². The zero-order valence-electron chi connectivity index (χ0n) is 11.5. The van der Waals surface area contributed by atoms with Gasteiger partial charge < -0.3 is 9.57 Å². The van der Waals surface area contributed by atoms with Gasteiger partial charge in [0.1, 0.15) is 12.9 Å². The van der Waals surface area contributed by atoms with Crippen LogP contribution in [0, 0.1) is 0 Å². The number of benzene rings is 1. The molecule has 4 heteroatoms. The Morgan fingerprint density at radius 3 is 2.89 bits per heavy atom. The highest BCUT2D eigenvalue weighted by atomic mass is 79.9. The number of nitrogens with zero attached hydrogens (tertiary/aromatic N) is 1. The van der Waals surface area contributed by atoms with Gasteiger partial charge in [-0.05, 0) is 49.1 Å².